The van der Waals surface area contributed by atoms with Gasteiger partial charge in [-0.2, -0.15) is 0 Å². The highest BCUT2D eigenvalue weighted by atomic mass is 16.5. The molecule has 0 aromatic heterocycles. The van der Waals surface area contributed by atoms with Gasteiger partial charge < -0.3 is 9.47 Å². The lowest BCUT2D eigenvalue weighted by atomic mass is 10.0. The van der Waals surface area contributed by atoms with Gasteiger partial charge in [0.2, 0.25) is 0 Å². The molecule has 1 unspecified atom stereocenters. The highest BCUT2D eigenvalue weighted by Gasteiger charge is 2.37. The summed E-state index contributed by atoms with van der Waals surface area (Å²) < 4.78 is 11.1. The van der Waals surface area contributed by atoms with E-state index in [9.17, 15) is 14.4 Å². The van der Waals surface area contributed by atoms with Crippen molar-refractivity contribution in [2.45, 2.75) is 59.5 Å². The van der Waals surface area contributed by atoms with Crippen molar-refractivity contribution in [1.29, 1.82) is 0 Å². The summed E-state index contributed by atoms with van der Waals surface area (Å²) in [5, 5.41) is 0. The average Bonchev–Trinajstić information content (AvgIpc) is 2.63. The summed E-state index contributed by atoms with van der Waals surface area (Å²) in [4.78, 5) is 38.8. The summed E-state index contributed by atoms with van der Waals surface area (Å²) in [5.41, 5.74) is 0.964. The van der Waals surface area contributed by atoms with Gasteiger partial charge in [0.15, 0.2) is 11.9 Å². The van der Waals surface area contributed by atoms with E-state index in [2.05, 4.69) is 0 Å². The number of anilines is 1. The van der Waals surface area contributed by atoms with Crippen molar-refractivity contribution >= 4 is 23.3 Å². The van der Waals surface area contributed by atoms with Gasteiger partial charge >= 0.3 is 5.97 Å². The molecule has 6 nitrogen and oxygen atoms in total. The summed E-state index contributed by atoms with van der Waals surface area (Å²) in [6, 6.07) is 5.05. The topological polar surface area (TPSA) is 72.9 Å². The van der Waals surface area contributed by atoms with E-state index >= 15 is 0 Å². The molecule has 0 bridgehead atoms. The molecule has 0 aliphatic carbocycles. The quantitative estimate of drug-likeness (QED) is 0.373. The van der Waals surface area contributed by atoms with Crippen LogP contribution >= 0.6 is 0 Å². The van der Waals surface area contributed by atoms with Crippen LogP contribution in [0.15, 0.2) is 18.2 Å². The van der Waals surface area contributed by atoms with Gasteiger partial charge in [-0.25, -0.2) is 0 Å². The van der Waals surface area contributed by atoms with Crippen molar-refractivity contribution in [3.63, 3.8) is 0 Å². The highest BCUT2D eigenvalue weighted by molar-refractivity contribution is 6.05. The maximum absolute atomic E-state index is 12.9. The van der Waals surface area contributed by atoms with E-state index in [4.69, 9.17) is 9.47 Å². The minimum absolute atomic E-state index is 0.00389. The Morgan fingerprint density at radius 2 is 1.96 bits per heavy atom. The molecule has 1 heterocycles. The number of nitrogens with zero attached hydrogens (tertiary/aromatic N) is 1. The minimum Gasteiger partial charge on any atom is -0.478 e. The Balaban J connectivity index is 2.32. The third-order valence-corrected chi connectivity index (χ3v) is 4.47. The normalized spacial score (nSPS) is 16.1. The first-order valence-corrected chi connectivity index (χ1v) is 9.69. The molecule has 0 spiro atoms. The number of benzene rings is 1. The maximum Gasteiger partial charge on any atom is 0.326 e. The molecule has 2 rings (SSSR count). The maximum atomic E-state index is 12.9. The van der Waals surface area contributed by atoms with Crippen molar-refractivity contribution in [2.24, 2.45) is 5.92 Å². The van der Waals surface area contributed by atoms with Crippen molar-refractivity contribution in [2.75, 3.05) is 18.1 Å². The van der Waals surface area contributed by atoms with E-state index in [0.717, 1.165) is 19.3 Å². The molecule has 6 heteroatoms. The predicted octanol–water partition coefficient (Wildman–Crippen LogP) is 3.76. The first-order chi connectivity index (χ1) is 12.9. The molecule has 0 saturated carbocycles. The fraction of sp³-hybridized carbons (Fsp3) is 0.571. The first-order valence-electron chi connectivity index (χ1n) is 9.69. The van der Waals surface area contributed by atoms with Gasteiger partial charge in [0.05, 0.1) is 12.3 Å². The van der Waals surface area contributed by atoms with Gasteiger partial charge in [-0.1, -0.05) is 34.1 Å². The number of rotatable bonds is 9. The molecule has 0 N–H and O–H groups in total. The lowest BCUT2D eigenvalue weighted by Crippen LogP contribution is -2.50. The Hall–Kier alpha value is -2.37. The Morgan fingerprint density at radius 1 is 1.22 bits per heavy atom. The summed E-state index contributed by atoms with van der Waals surface area (Å²) in [6.45, 7) is 7.89. The van der Waals surface area contributed by atoms with E-state index in [1.807, 2.05) is 27.7 Å². The number of hydrogen-bond acceptors (Lipinski definition) is 5. The largest absolute Gasteiger partial charge is 0.478 e. The SMILES string of the molecule is CCCCOC(=O)CN1C(=O)C(C(C)C)Oc2ccc(C(=O)CCC)cc21. The average molecular weight is 375 g/mol. The number of unbranched alkanes of at least 4 members (excludes halogenated alkanes) is 1. The monoisotopic (exact) mass is 375 g/mol. The third kappa shape index (κ3) is 5.08. The second-order valence-corrected chi connectivity index (χ2v) is 7.14. The van der Waals surface area contributed by atoms with E-state index in [-0.39, 0.29) is 24.2 Å². The molecule has 0 fully saturated rings. The van der Waals surface area contributed by atoms with Gasteiger partial charge in [-0.05, 0) is 37.0 Å². The molecule has 1 amide bonds. The zero-order valence-corrected chi connectivity index (χ0v) is 16.6. The number of carbonyl (C=O) groups excluding carboxylic acids is 3. The van der Waals surface area contributed by atoms with Crippen LogP contribution in [-0.4, -0.2) is 36.9 Å². The molecule has 0 radical (unpaired) electrons. The second kappa shape index (κ2) is 9.53. The Kier molecular flexibility index (Phi) is 7.39. The van der Waals surface area contributed by atoms with Crippen LogP contribution in [-0.2, 0) is 14.3 Å². The van der Waals surface area contributed by atoms with Gasteiger partial charge in [0.1, 0.15) is 12.3 Å². The number of amides is 1. The number of Topliss-reactive ketones (excluding diaryl/α,β-unsaturated/α-hetero) is 1. The summed E-state index contributed by atoms with van der Waals surface area (Å²) in [6.07, 6.45) is 2.21. The molecular formula is C21H29NO5. The number of hydrogen-bond donors (Lipinski definition) is 0. The van der Waals surface area contributed by atoms with E-state index in [1.165, 1.54) is 4.90 Å². The lowest BCUT2D eigenvalue weighted by molar-refractivity contribution is -0.143. The highest BCUT2D eigenvalue weighted by Crippen LogP contribution is 2.36. The molecule has 1 aromatic rings. The van der Waals surface area contributed by atoms with E-state index in [0.29, 0.717) is 30.0 Å². The molecule has 27 heavy (non-hydrogen) atoms. The van der Waals surface area contributed by atoms with Crippen molar-refractivity contribution in [3.05, 3.63) is 23.8 Å². The van der Waals surface area contributed by atoms with Crippen LogP contribution in [0.3, 0.4) is 0 Å². The lowest BCUT2D eigenvalue weighted by Gasteiger charge is -2.35. The Bertz CT molecular complexity index is 698. The smallest absolute Gasteiger partial charge is 0.326 e. The van der Waals surface area contributed by atoms with Crippen LogP contribution in [0.4, 0.5) is 5.69 Å². The predicted molar refractivity (Wildman–Crippen MR) is 103 cm³/mol. The van der Waals surface area contributed by atoms with Gasteiger partial charge in [0.25, 0.3) is 5.91 Å². The van der Waals surface area contributed by atoms with Crippen LogP contribution < -0.4 is 9.64 Å². The Labute approximate surface area is 160 Å². The number of fused-ring (bicyclic) bond motifs is 1. The van der Waals surface area contributed by atoms with Crippen LogP contribution in [0.2, 0.25) is 0 Å². The van der Waals surface area contributed by atoms with Gasteiger partial charge in [-0.3, -0.25) is 19.3 Å². The summed E-state index contributed by atoms with van der Waals surface area (Å²) >= 11 is 0. The molecule has 1 aromatic carbocycles. The fourth-order valence-electron chi connectivity index (χ4n) is 2.92. The number of ether oxygens (including phenoxy) is 2. The number of esters is 1. The van der Waals surface area contributed by atoms with Crippen LogP contribution in [0, 0.1) is 5.92 Å². The van der Waals surface area contributed by atoms with Crippen molar-refractivity contribution in [1.82, 2.24) is 0 Å². The van der Waals surface area contributed by atoms with Crippen LogP contribution in [0.5, 0.6) is 5.75 Å². The standard InChI is InChI=1S/C21H29NO5/c1-5-7-11-26-19(24)13-22-16-12-15(17(23)8-6-2)9-10-18(16)27-20(14(3)4)21(22)25/h9-10,12,14,20H,5-8,11,13H2,1-4H3. The molecule has 0 saturated heterocycles. The zero-order valence-electron chi connectivity index (χ0n) is 16.6. The second-order valence-electron chi connectivity index (χ2n) is 7.14. The Morgan fingerprint density at radius 3 is 2.59 bits per heavy atom. The van der Waals surface area contributed by atoms with E-state index < -0.39 is 12.1 Å². The number of ketones is 1. The number of carbonyl (C=O) groups is 3. The molecule has 148 valence electrons. The minimum atomic E-state index is -0.668. The van der Waals surface area contributed by atoms with Crippen molar-refractivity contribution in [3.8, 4) is 5.75 Å². The molecule has 1 atom stereocenters. The first kappa shape index (κ1) is 20.9. The van der Waals surface area contributed by atoms with E-state index in [1.54, 1.807) is 18.2 Å². The van der Waals surface area contributed by atoms with Gasteiger partial charge in [-0.15, -0.1) is 0 Å². The third-order valence-electron chi connectivity index (χ3n) is 4.47. The molecule has 1 aliphatic heterocycles. The molecular weight excluding hydrogens is 346 g/mol. The summed E-state index contributed by atoms with van der Waals surface area (Å²) in [5.74, 6) is -0.292. The van der Waals surface area contributed by atoms with Crippen molar-refractivity contribution < 1.29 is 23.9 Å². The summed E-state index contributed by atoms with van der Waals surface area (Å²) in [7, 11) is 0. The van der Waals surface area contributed by atoms with Crippen LogP contribution in [0.25, 0.3) is 0 Å². The van der Waals surface area contributed by atoms with Gasteiger partial charge in [0, 0.05) is 12.0 Å². The zero-order chi connectivity index (χ0) is 20.0. The molecule has 1 aliphatic rings. The fourth-order valence-corrected chi connectivity index (χ4v) is 2.92. The van der Waals surface area contributed by atoms with Crippen LogP contribution in [0.1, 0.15) is 63.7 Å².